The monoisotopic (exact) mass is 644 g/mol. The van der Waals surface area contributed by atoms with Crippen molar-refractivity contribution in [3.8, 4) is 22.5 Å². The Morgan fingerprint density at radius 3 is 1.84 bits per heavy atom. The standard InChI is InChI=1S/C42H40N6O/c1-3-4-24-39-38(40(30-49-2)44-43-39)29-31-25-27-32(28-26-31)36-22-14-15-23-37(36)41-45-47-48(46-41)42(33-16-8-5-9-17-33,34-18-10-6-11-19-34)35-20-12-7-13-21-35/h5-23,25-28H,3-4,24,29-30H2,1-2H3,(H,43,44). The molecule has 1 N–H and O–H groups in total. The van der Waals surface area contributed by atoms with Crippen LogP contribution in [0.4, 0.5) is 0 Å². The van der Waals surface area contributed by atoms with Gasteiger partial charge in [0, 0.05) is 24.7 Å². The van der Waals surface area contributed by atoms with E-state index in [1.165, 1.54) is 11.1 Å². The van der Waals surface area contributed by atoms with Crippen LogP contribution in [0.15, 0.2) is 140 Å². The first-order valence-electron chi connectivity index (χ1n) is 16.9. The number of aromatic nitrogens is 6. The minimum absolute atomic E-state index is 0.522. The van der Waals surface area contributed by atoms with Gasteiger partial charge in [0.1, 0.15) is 0 Å². The van der Waals surface area contributed by atoms with Crippen molar-refractivity contribution >= 4 is 0 Å². The number of methoxy groups -OCH3 is 1. The minimum atomic E-state index is -0.837. The molecule has 7 rings (SSSR count). The van der Waals surface area contributed by atoms with E-state index in [1.807, 2.05) is 24.3 Å². The molecule has 7 nitrogen and oxygen atoms in total. The second-order valence-electron chi connectivity index (χ2n) is 12.3. The lowest BCUT2D eigenvalue weighted by atomic mass is 9.77. The molecule has 0 amide bonds. The summed E-state index contributed by atoms with van der Waals surface area (Å²) >= 11 is 0. The van der Waals surface area contributed by atoms with Crippen molar-refractivity contribution in [3.05, 3.63) is 179 Å². The molecule has 7 aromatic rings. The van der Waals surface area contributed by atoms with Crippen LogP contribution < -0.4 is 0 Å². The van der Waals surface area contributed by atoms with Gasteiger partial charge in [-0.1, -0.05) is 153 Å². The van der Waals surface area contributed by atoms with E-state index in [2.05, 4.69) is 132 Å². The number of nitrogens with zero attached hydrogens (tertiary/aromatic N) is 5. The van der Waals surface area contributed by atoms with Gasteiger partial charge in [0.15, 0.2) is 5.54 Å². The third kappa shape index (κ3) is 6.33. The molecule has 0 spiro atoms. The van der Waals surface area contributed by atoms with E-state index in [-0.39, 0.29) is 0 Å². The second-order valence-corrected chi connectivity index (χ2v) is 12.3. The molecule has 0 aliphatic heterocycles. The van der Waals surface area contributed by atoms with Crippen LogP contribution in [0.1, 0.15) is 59.0 Å². The molecular formula is C42H40N6O. The van der Waals surface area contributed by atoms with E-state index < -0.39 is 5.54 Å². The SMILES string of the molecule is CCCCc1n[nH]c(COC)c1Cc1ccc(-c2ccccc2-c2nnn(C(c3ccccc3)(c3ccccc3)c3ccccc3)n2)cc1. The summed E-state index contributed by atoms with van der Waals surface area (Å²) in [6, 6.07) is 48.3. The maximum absolute atomic E-state index is 5.46. The van der Waals surface area contributed by atoms with E-state index in [0.29, 0.717) is 12.4 Å². The molecule has 0 aliphatic rings. The van der Waals surface area contributed by atoms with Gasteiger partial charge in [-0.2, -0.15) is 5.10 Å². The van der Waals surface area contributed by atoms with Crippen molar-refractivity contribution in [3.63, 3.8) is 0 Å². The molecule has 244 valence electrons. The first kappa shape index (κ1) is 31.9. The number of nitrogens with one attached hydrogen (secondary N) is 1. The number of hydrogen-bond acceptors (Lipinski definition) is 5. The van der Waals surface area contributed by atoms with E-state index >= 15 is 0 Å². The van der Waals surface area contributed by atoms with Gasteiger partial charge in [-0.15, -0.1) is 15.0 Å². The number of benzene rings is 5. The van der Waals surface area contributed by atoms with Gasteiger partial charge in [-0.25, -0.2) is 0 Å². The molecule has 0 saturated heterocycles. The van der Waals surface area contributed by atoms with Crippen LogP contribution in [0.25, 0.3) is 22.5 Å². The molecule has 7 heteroatoms. The molecule has 2 heterocycles. The van der Waals surface area contributed by atoms with Gasteiger partial charge in [0.2, 0.25) is 5.82 Å². The number of unbranched alkanes of at least 4 members (excludes halogenated alkanes) is 1. The fourth-order valence-corrected chi connectivity index (χ4v) is 6.75. The number of tetrazole rings is 1. The van der Waals surface area contributed by atoms with Crippen LogP contribution in [-0.4, -0.2) is 37.5 Å². The van der Waals surface area contributed by atoms with E-state index in [4.69, 9.17) is 20.1 Å². The highest BCUT2D eigenvalue weighted by Crippen LogP contribution is 2.40. The van der Waals surface area contributed by atoms with Gasteiger partial charge in [-0.3, -0.25) is 5.10 Å². The summed E-state index contributed by atoms with van der Waals surface area (Å²) in [5.41, 5.74) is 10.0. The molecular weight excluding hydrogens is 605 g/mol. The number of aryl methyl sites for hydroxylation is 1. The topological polar surface area (TPSA) is 81.5 Å². The van der Waals surface area contributed by atoms with Crippen molar-refractivity contribution in [2.24, 2.45) is 0 Å². The zero-order valence-electron chi connectivity index (χ0n) is 28.0. The Morgan fingerprint density at radius 2 is 1.27 bits per heavy atom. The third-order valence-corrected chi connectivity index (χ3v) is 9.20. The van der Waals surface area contributed by atoms with Crippen LogP contribution in [0.3, 0.4) is 0 Å². The zero-order valence-corrected chi connectivity index (χ0v) is 28.0. The third-order valence-electron chi connectivity index (χ3n) is 9.20. The molecule has 0 fully saturated rings. The summed E-state index contributed by atoms with van der Waals surface area (Å²) in [4.78, 5) is 1.78. The lowest BCUT2D eigenvalue weighted by molar-refractivity contribution is 0.181. The van der Waals surface area contributed by atoms with E-state index in [0.717, 1.165) is 70.5 Å². The van der Waals surface area contributed by atoms with Crippen LogP contribution >= 0.6 is 0 Å². The average molecular weight is 645 g/mol. The highest BCUT2D eigenvalue weighted by Gasteiger charge is 2.41. The number of rotatable bonds is 13. The van der Waals surface area contributed by atoms with Crippen LogP contribution in [0, 0.1) is 0 Å². The summed E-state index contributed by atoms with van der Waals surface area (Å²) in [6.45, 7) is 2.73. The predicted octanol–water partition coefficient (Wildman–Crippen LogP) is 8.65. The molecule has 0 aliphatic carbocycles. The summed E-state index contributed by atoms with van der Waals surface area (Å²) in [6.07, 6.45) is 4.01. The average Bonchev–Trinajstić information content (AvgIpc) is 3.81. The number of aromatic amines is 1. The zero-order chi connectivity index (χ0) is 33.5. The largest absolute Gasteiger partial charge is 0.378 e. The molecule has 49 heavy (non-hydrogen) atoms. The van der Waals surface area contributed by atoms with Crippen molar-refractivity contribution in [2.75, 3.05) is 7.11 Å². The maximum Gasteiger partial charge on any atom is 0.205 e. The van der Waals surface area contributed by atoms with Crippen LogP contribution in [0.2, 0.25) is 0 Å². The number of H-pyrrole nitrogens is 1. The normalized spacial score (nSPS) is 11.6. The Labute approximate surface area is 287 Å². The molecule has 0 saturated carbocycles. The second kappa shape index (κ2) is 14.6. The van der Waals surface area contributed by atoms with Crippen molar-refractivity contribution in [1.82, 2.24) is 30.4 Å². The number of ether oxygens (including phenoxy) is 1. The fourth-order valence-electron chi connectivity index (χ4n) is 6.75. The van der Waals surface area contributed by atoms with Crippen LogP contribution in [-0.2, 0) is 29.7 Å². The fraction of sp³-hybridized carbons (Fsp3) is 0.190. The smallest absolute Gasteiger partial charge is 0.205 e. The van der Waals surface area contributed by atoms with Gasteiger partial charge in [0.05, 0.1) is 18.0 Å². The lowest BCUT2D eigenvalue weighted by Crippen LogP contribution is -2.39. The molecule has 2 aromatic heterocycles. The molecule has 0 radical (unpaired) electrons. The Balaban J connectivity index is 1.27. The highest BCUT2D eigenvalue weighted by atomic mass is 16.5. The summed E-state index contributed by atoms with van der Waals surface area (Å²) in [5.74, 6) is 0.565. The minimum Gasteiger partial charge on any atom is -0.378 e. The van der Waals surface area contributed by atoms with Gasteiger partial charge in [-0.05, 0) is 51.4 Å². The summed E-state index contributed by atoms with van der Waals surface area (Å²) in [7, 11) is 1.72. The van der Waals surface area contributed by atoms with Crippen molar-refractivity contribution < 1.29 is 4.74 Å². The highest BCUT2D eigenvalue weighted by molar-refractivity contribution is 5.80. The Kier molecular flexibility index (Phi) is 9.53. The molecule has 0 unspecified atom stereocenters. The first-order valence-corrected chi connectivity index (χ1v) is 16.9. The van der Waals surface area contributed by atoms with Gasteiger partial charge < -0.3 is 4.74 Å². The number of hydrogen-bond donors (Lipinski definition) is 1. The van der Waals surface area contributed by atoms with Gasteiger partial charge >= 0.3 is 0 Å². The van der Waals surface area contributed by atoms with Crippen molar-refractivity contribution in [1.29, 1.82) is 0 Å². The lowest BCUT2D eigenvalue weighted by Gasteiger charge is -2.34. The van der Waals surface area contributed by atoms with E-state index in [9.17, 15) is 0 Å². The molecule has 5 aromatic carbocycles. The maximum atomic E-state index is 5.46. The summed E-state index contributed by atoms with van der Waals surface area (Å²) in [5, 5.41) is 22.5. The summed E-state index contributed by atoms with van der Waals surface area (Å²) < 4.78 is 5.46. The quantitative estimate of drug-likeness (QED) is 0.127. The Hall–Kier alpha value is -5.66. The van der Waals surface area contributed by atoms with Crippen LogP contribution in [0.5, 0.6) is 0 Å². The first-order chi connectivity index (χ1) is 24.2. The Bertz CT molecular complexity index is 1990. The van der Waals surface area contributed by atoms with Gasteiger partial charge in [0.25, 0.3) is 0 Å². The molecule has 0 bridgehead atoms. The van der Waals surface area contributed by atoms with E-state index in [1.54, 1.807) is 11.9 Å². The Morgan fingerprint density at radius 1 is 0.694 bits per heavy atom. The van der Waals surface area contributed by atoms with Crippen molar-refractivity contribution in [2.45, 2.75) is 44.8 Å². The predicted molar refractivity (Wildman–Crippen MR) is 194 cm³/mol. The molecule has 0 atom stereocenters.